The molecule has 0 bridgehead atoms. The summed E-state index contributed by atoms with van der Waals surface area (Å²) in [6.45, 7) is 8.82. The number of nitrogens with zero attached hydrogens (tertiary/aromatic N) is 3. The Bertz CT molecular complexity index is 1650. The molecule has 0 spiro atoms. The smallest absolute Gasteiger partial charge is 0.323 e. The van der Waals surface area contributed by atoms with Crippen LogP contribution in [0.25, 0.3) is 10.9 Å². The molecule has 2 aromatic carbocycles. The fraction of sp³-hybridized carbons (Fsp3) is 0.469. The summed E-state index contributed by atoms with van der Waals surface area (Å²) in [4.78, 5) is 43.5. The molecule has 1 amide bonds. The van der Waals surface area contributed by atoms with Crippen LogP contribution in [0.5, 0.6) is 5.75 Å². The number of rotatable bonds is 9. The van der Waals surface area contributed by atoms with E-state index in [1.165, 1.54) is 13.2 Å². The predicted molar refractivity (Wildman–Crippen MR) is 170 cm³/mol. The third-order valence-corrected chi connectivity index (χ3v) is 9.01. The van der Waals surface area contributed by atoms with Gasteiger partial charge in [0.25, 0.3) is 5.91 Å². The zero-order valence-electron chi connectivity index (χ0n) is 25.5. The number of carbonyl (C=O) groups excluding carboxylic acids is 2. The highest BCUT2D eigenvalue weighted by Gasteiger charge is 2.39. The van der Waals surface area contributed by atoms with Crippen molar-refractivity contribution in [3.8, 4) is 5.75 Å². The molecule has 0 radical (unpaired) electrons. The number of anilines is 1. The van der Waals surface area contributed by atoms with Crippen LogP contribution in [0.2, 0.25) is 10.0 Å². The molecule has 3 atom stereocenters. The zero-order chi connectivity index (χ0) is 31.9. The second-order valence-electron chi connectivity index (χ2n) is 11.5. The number of hydrogen-bond donors (Lipinski definition) is 1. The molecule has 3 aromatic rings. The van der Waals surface area contributed by atoms with Crippen LogP contribution in [0.15, 0.2) is 35.3 Å². The highest BCUT2D eigenvalue weighted by Crippen LogP contribution is 2.44. The van der Waals surface area contributed by atoms with Crippen molar-refractivity contribution in [3.05, 3.63) is 67.7 Å². The standard InChI is InChI=1S/C32H37Cl2FN4O5/c1-6-44-32(42)19(4)39-17(2)14-37(15-18(39)3)28-26(35)12-23-27(30(28)43-5)38(22-9-10-22)16-24(29(23)40)31(41)36-13-20-7-8-21(33)11-25(20)34/h7-8,11-12,16-19,22H,6,9-10,13-15H2,1-5H3,(H,36,41). The van der Waals surface area contributed by atoms with Gasteiger partial charge in [0.05, 0.1) is 24.6 Å². The average molecular weight is 648 g/mol. The molecule has 1 aromatic heterocycles. The predicted octanol–water partition coefficient (Wildman–Crippen LogP) is 5.57. The van der Waals surface area contributed by atoms with E-state index in [0.29, 0.717) is 40.8 Å². The number of piperazine rings is 1. The van der Waals surface area contributed by atoms with Crippen LogP contribution in [-0.4, -0.2) is 66.3 Å². The molecule has 1 N–H and O–H groups in total. The first-order valence-electron chi connectivity index (χ1n) is 14.8. The SMILES string of the molecule is CCOC(=O)C(C)N1C(C)CN(c2c(F)cc3c(=O)c(C(=O)NCc4ccc(Cl)cc4Cl)cn(C4CC4)c3c2OC)CC1C. The van der Waals surface area contributed by atoms with Crippen LogP contribution in [0, 0.1) is 5.82 Å². The third kappa shape index (κ3) is 6.12. The fourth-order valence-electron chi connectivity index (χ4n) is 6.34. The van der Waals surface area contributed by atoms with Crippen molar-refractivity contribution in [1.29, 1.82) is 0 Å². The topological polar surface area (TPSA) is 93.1 Å². The first-order chi connectivity index (χ1) is 21.0. The number of esters is 1. The molecule has 1 aliphatic heterocycles. The van der Waals surface area contributed by atoms with E-state index in [2.05, 4.69) is 10.2 Å². The van der Waals surface area contributed by atoms with E-state index in [4.69, 9.17) is 32.7 Å². The largest absolute Gasteiger partial charge is 0.492 e. The van der Waals surface area contributed by atoms with Crippen LogP contribution < -0.4 is 20.4 Å². The van der Waals surface area contributed by atoms with Gasteiger partial charge in [0.2, 0.25) is 5.43 Å². The van der Waals surface area contributed by atoms with Crippen molar-refractivity contribution in [3.63, 3.8) is 0 Å². The highest BCUT2D eigenvalue weighted by molar-refractivity contribution is 6.35. The molecular weight excluding hydrogens is 610 g/mol. The van der Waals surface area contributed by atoms with Crippen molar-refractivity contribution >= 4 is 51.7 Å². The molecule has 5 rings (SSSR count). The van der Waals surface area contributed by atoms with Gasteiger partial charge in [-0.05, 0) is 64.3 Å². The molecule has 2 fully saturated rings. The third-order valence-electron chi connectivity index (χ3n) is 8.42. The summed E-state index contributed by atoms with van der Waals surface area (Å²) in [6, 6.07) is 5.54. The minimum absolute atomic E-state index is 0.0442. The summed E-state index contributed by atoms with van der Waals surface area (Å²) in [7, 11) is 1.46. The number of benzene rings is 2. The highest BCUT2D eigenvalue weighted by atomic mass is 35.5. The van der Waals surface area contributed by atoms with E-state index >= 15 is 4.39 Å². The Morgan fingerprint density at radius 3 is 2.41 bits per heavy atom. The Kier molecular flexibility index (Phi) is 9.44. The quantitative estimate of drug-likeness (QED) is 0.304. The number of halogens is 3. The van der Waals surface area contributed by atoms with Gasteiger partial charge >= 0.3 is 5.97 Å². The minimum Gasteiger partial charge on any atom is -0.492 e. The van der Waals surface area contributed by atoms with Crippen molar-refractivity contribution in [2.24, 2.45) is 0 Å². The lowest BCUT2D eigenvalue weighted by Crippen LogP contribution is -2.61. The lowest BCUT2D eigenvalue weighted by Gasteiger charge is -2.47. The number of nitrogens with one attached hydrogen (secondary N) is 1. The fourth-order valence-corrected chi connectivity index (χ4v) is 6.81. The Labute approximate surface area is 265 Å². The number of fused-ring (bicyclic) bond motifs is 1. The first-order valence-corrected chi connectivity index (χ1v) is 15.6. The molecule has 12 heteroatoms. The van der Waals surface area contributed by atoms with Crippen molar-refractivity contribution in [1.82, 2.24) is 14.8 Å². The molecule has 2 heterocycles. The molecule has 1 saturated carbocycles. The number of carbonyl (C=O) groups is 2. The van der Waals surface area contributed by atoms with Crippen LogP contribution >= 0.6 is 23.2 Å². The van der Waals surface area contributed by atoms with Crippen LogP contribution in [0.4, 0.5) is 10.1 Å². The average Bonchev–Trinajstić information content (AvgIpc) is 3.81. The van der Waals surface area contributed by atoms with E-state index in [1.54, 1.807) is 31.3 Å². The number of amides is 1. The van der Waals surface area contributed by atoms with Gasteiger partial charge in [0.15, 0.2) is 11.6 Å². The molecular formula is C32H37Cl2FN4O5. The summed E-state index contributed by atoms with van der Waals surface area (Å²) in [5.74, 6) is -1.25. The summed E-state index contributed by atoms with van der Waals surface area (Å²) in [5.41, 5.74) is 0.676. The van der Waals surface area contributed by atoms with E-state index in [1.807, 2.05) is 30.2 Å². The first kappa shape index (κ1) is 32.1. The van der Waals surface area contributed by atoms with Gasteiger partial charge in [-0.25, -0.2) is 4.39 Å². The van der Waals surface area contributed by atoms with Gasteiger partial charge in [0, 0.05) is 54.0 Å². The van der Waals surface area contributed by atoms with Crippen molar-refractivity contribution in [2.45, 2.75) is 71.2 Å². The maximum Gasteiger partial charge on any atom is 0.323 e. The Balaban J connectivity index is 1.51. The number of aromatic nitrogens is 1. The van der Waals surface area contributed by atoms with Crippen molar-refractivity contribution < 1.29 is 23.5 Å². The summed E-state index contributed by atoms with van der Waals surface area (Å²) >= 11 is 12.2. The lowest BCUT2D eigenvalue weighted by atomic mass is 10.0. The van der Waals surface area contributed by atoms with Gasteiger partial charge in [-0.15, -0.1) is 0 Å². The van der Waals surface area contributed by atoms with Gasteiger partial charge in [-0.1, -0.05) is 29.3 Å². The number of ether oxygens (including phenoxy) is 2. The zero-order valence-corrected chi connectivity index (χ0v) is 27.0. The Morgan fingerprint density at radius 2 is 1.82 bits per heavy atom. The maximum absolute atomic E-state index is 16.1. The van der Waals surface area contributed by atoms with E-state index in [9.17, 15) is 14.4 Å². The molecule has 1 saturated heterocycles. The van der Waals surface area contributed by atoms with Gasteiger partial charge in [0.1, 0.15) is 17.3 Å². The second kappa shape index (κ2) is 12.9. The molecule has 3 unspecified atom stereocenters. The molecule has 44 heavy (non-hydrogen) atoms. The normalized spacial score (nSPS) is 19.6. The summed E-state index contributed by atoms with van der Waals surface area (Å²) in [5, 5.41) is 3.70. The number of pyridine rings is 1. The van der Waals surface area contributed by atoms with E-state index in [-0.39, 0.29) is 53.0 Å². The maximum atomic E-state index is 16.1. The lowest BCUT2D eigenvalue weighted by molar-refractivity contribution is -0.151. The van der Waals surface area contributed by atoms with Gasteiger partial charge < -0.3 is 24.3 Å². The molecule has 9 nitrogen and oxygen atoms in total. The summed E-state index contributed by atoms with van der Waals surface area (Å²) < 4.78 is 29.1. The Hall–Kier alpha value is -3.34. The van der Waals surface area contributed by atoms with Gasteiger partial charge in [-0.2, -0.15) is 0 Å². The second-order valence-corrected chi connectivity index (χ2v) is 12.4. The number of hydrogen-bond acceptors (Lipinski definition) is 7. The summed E-state index contributed by atoms with van der Waals surface area (Å²) in [6.07, 6.45) is 3.26. The molecule has 2 aliphatic rings. The van der Waals surface area contributed by atoms with E-state index < -0.39 is 23.2 Å². The van der Waals surface area contributed by atoms with Crippen molar-refractivity contribution in [2.75, 3.05) is 31.7 Å². The minimum atomic E-state index is -0.620. The van der Waals surface area contributed by atoms with Gasteiger partial charge in [-0.3, -0.25) is 19.3 Å². The van der Waals surface area contributed by atoms with E-state index in [0.717, 1.165) is 12.8 Å². The van der Waals surface area contributed by atoms with Crippen LogP contribution in [0.3, 0.4) is 0 Å². The monoisotopic (exact) mass is 646 g/mol. The number of methoxy groups -OCH3 is 1. The Morgan fingerprint density at radius 1 is 1.14 bits per heavy atom. The van der Waals surface area contributed by atoms with Crippen LogP contribution in [-0.2, 0) is 16.1 Å². The molecule has 1 aliphatic carbocycles. The molecule has 236 valence electrons. The van der Waals surface area contributed by atoms with Crippen LogP contribution in [0.1, 0.15) is 62.5 Å².